The van der Waals surface area contributed by atoms with Crippen LogP contribution < -0.4 is 5.32 Å². The van der Waals surface area contributed by atoms with Gasteiger partial charge in [-0.15, -0.1) is 0 Å². The number of halogens is 2. The molecule has 0 amide bonds. The van der Waals surface area contributed by atoms with Crippen LogP contribution in [0.4, 0.5) is 0 Å². The molecule has 0 aliphatic heterocycles. The minimum atomic E-state index is 0.186. The number of rotatable bonds is 8. The van der Waals surface area contributed by atoms with E-state index in [9.17, 15) is 0 Å². The lowest BCUT2D eigenvalue weighted by Crippen LogP contribution is -2.35. The van der Waals surface area contributed by atoms with Crippen molar-refractivity contribution in [2.24, 2.45) is 5.41 Å². The maximum absolute atomic E-state index is 6.25. The summed E-state index contributed by atoms with van der Waals surface area (Å²) >= 11 is 12.2. The maximum atomic E-state index is 6.25. The zero-order chi connectivity index (χ0) is 14.3. The van der Waals surface area contributed by atoms with Crippen LogP contribution in [0, 0.1) is 5.41 Å². The highest BCUT2D eigenvalue weighted by Gasteiger charge is 2.23. The summed E-state index contributed by atoms with van der Waals surface area (Å²) in [5.41, 5.74) is 1.34. The van der Waals surface area contributed by atoms with Gasteiger partial charge in [0.25, 0.3) is 0 Å². The van der Waals surface area contributed by atoms with Crippen molar-refractivity contribution >= 4 is 23.2 Å². The van der Waals surface area contributed by atoms with Gasteiger partial charge >= 0.3 is 0 Å². The van der Waals surface area contributed by atoms with Crippen LogP contribution in [0.3, 0.4) is 0 Å². The average Bonchev–Trinajstić information content (AvgIpc) is 2.38. The van der Waals surface area contributed by atoms with E-state index in [2.05, 4.69) is 19.2 Å². The molecular formula is C15H23Cl2NO. The fourth-order valence-electron chi connectivity index (χ4n) is 2.00. The lowest BCUT2D eigenvalue weighted by molar-refractivity contribution is 0.191. The molecule has 0 bridgehead atoms. The van der Waals surface area contributed by atoms with Gasteiger partial charge in [0.2, 0.25) is 0 Å². The van der Waals surface area contributed by atoms with E-state index in [-0.39, 0.29) is 5.41 Å². The topological polar surface area (TPSA) is 21.3 Å². The predicted octanol–water partition coefficient (Wildman–Crippen LogP) is 4.19. The third kappa shape index (κ3) is 5.70. The highest BCUT2D eigenvalue weighted by molar-refractivity contribution is 6.35. The SMILES string of the molecule is CCC(C)(CNCCOC)Cc1ccc(Cl)cc1Cl. The summed E-state index contributed by atoms with van der Waals surface area (Å²) in [5, 5.41) is 4.87. The third-order valence-corrected chi connectivity index (χ3v) is 4.11. The molecule has 0 spiro atoms. The Morgan fingerprint density at radius 1 is 1.32 bits per heavy atom. The van der Waals surface area contributed by atoms with Gasteiger partial charge in [-0.2, -0.15) is 0 Å². The Hall–Kier alpha value is -0.280. The van der Waals surface area contributed by atoms with Gasteiger partial charge in [0.15, 0.2) is 0 Å². The first-order chi connectivity index (χ1) is 9.00. The Balaban J connectivity index is 2.63. The maximum Gasteiger partial charge on any atom is 0.0587 e. The Morgan fingerprint density at radius 2 is 2.05 bits per heavy atom. The number of nitrogens with one attached hydrogen (secondary N) is 1. The van der Waals surface area contributed by atoms with E-state index >= 15 is 0 Å². The number of hydrogen-bond acceptors (Lipinski definition) is 2. The number of ether oxygens (including phenoxy) is 1. The monoisotopic (exact) mass is 303 g/mol. The fraction of sp³-hybridized carbons (Fsp3) is 0.600. The van der Waals surface area contributed by atoms with Crippen LogP contribution in [0.25, 0.3) is 0 Å². The summed E-state index contributed by atoms with van der Waals surface area (Å²) in [5.74, 6) is 0. The van der Waals surface area contributed by atoms with Crippen LogP contribution in [0.2, 0.25) is 10.0 Å². The van der Waals surface area contributed by atoms with Gasteiger partial charge in [0.1, 0.15) is 0 Å². The normalized spacial score (nSPS) is 14.4. The van der Waals surface area contributed by atoms with Gasteiger partial charge in [-0.1, -0.05) is 43.1 Å². The molecule has 1 N–H and O–H groups in total. The van der Waals surface area contributed by atoms with Crippen LogP contribution in [0.1, 0.15) is 25.8 Å². The van der Waals surface area contributed by atoms with Crippen LogP contribution in [0.15, 0.2) is 18.2 Å². The van der Waals surface area contributed by atoms with Crippen molar-refractivity contribution in [2.75, 3.05) is 26.8 Å². The molecule has 1 unspecified atom stereocenters. The second-order valence-corrected chi connectivity index (χ2v) is 6.09. The number of methoxy groups -OCH3 is 1. The Labute approximate surface area is 126 Å². The lowest BCUT2D eigenvalue weighted by atomic mass is 9.81. The van der Waals surface area contributed by atoms with Crippen molar-refractivity contribution in [2.45, 2.75) is 26.7 Å². The van der Waals surface area contributed by atoms with Gasteiger partial charge < -0.3 is 10.1 Å². The largest absolute Gasteiger partial charge is 0.383 e. The Kier molecular flexibility index (Phi) is 7.16. The molecule has 0 fully saturated rings. The molecule has 1 rings (SSSR count). The molecular weight excluding hydrogens is 281 g/mol. The van der Waals surface area contributed by atoms with E-state index in [1.807, 2.05) is 18.2 Å². The van der Waals surface area contributed by atoms with Crippen molar-refractivity contribution in [3.8, 4) is 0 Å². The van der Waals surface area contributed by atoms with Gasteiger partial charge in [-0.25, -0.2) is 0 Å². The number of hydrogen-bond donors (Lipinski definition) is 1. The van der Waals surface area contributed by atoms with Crippen molar-refractivity contribution < 1.29 is 4.74 Å². The molecule has 1 atom stereocenters. The van der Waals surface area contributed by atoms with Crippen molar-refractivity contribution in [1.29, 1.82) is 0 Å². The summed E-state index contributed by atoms with van der Waals surface area (Å²) in [6, 6.07) is 5.73. The second kappa shape index (κ2) is 8.11. The van der Waals surface area contributed by atoms with E-state index in [0.29, 0.717) is 5.02 Å². The summed E-state index contributed by atoms with van der Waals surface area (Å²) < 4.78 is 5.04. The van der Waals surface area contributed by atoms with Crippen LogP contribution in [-0.4, -0.2) is 26.8 Å². The molecule has 2 nitrogen and oxygen atoms in total. The first kappa shape index (κ1) is 16.8. The molecule has 0 saturated heterocycles. The summed E-state index contributed by atoms with van der Waals surface area (Å²) in [6.07, 6.45) is 2.03. The molecule has 1 aromatic rings. The zero-order valence-electron chi connectivity index (χ0n) is 11.9. The third-order valence-electron chi connectivity index (χ3n) is 3.52. The highest BCUT2D eigenvalue weighted by atomic mass is 35.5. The first-order valence-corrected chi connectivity index (χ1v) is 7.40. The molecule has 108 valence electrons. The first-order valence-electron chi connectivity index (χ1n) is 6.64. The van der Waals surface area contributed by atoms with Crippen molar-refractivity contribution in [3.63, 3.8) is 0 Å². The summed E-state index contributed by atoms with van der Waals surface area (Å²) in [6.45, 7) is 7.05. The smallest absolute Gasteiger partial charge is 0.0587 e. The molecule has 0 radical (unpaired) electrons. The van der Waals surface area contributed by atoms with E-state index in [4.69, 9.17) is 27.9 Å². The van der Waals surface area contributed by atoms with E-state index < -0.39 is 0 Å². The standard InChI is InChI=1S/C15H23Cl2NO/c1-4-15(2,11-18-7-8-19-3)10-12-5-6-13(16)9-14(12)17/h5-6,9,18H,4,7-8,10-11H2,1-3H3. The van der Waals surface area contributed by atoms with E-state index in [1.54, 1.807) is 7.11 Å². The lowest BCUT2D eigenvalue weighted by Gasteiger charge is -2.29. The molecule has 0 heterocycles. The zero-order valence-corrected chi connectivity index (χ0v) is 13.4. The summed E-state index contributed by atoms with van der Waals surface area (Å²) in [7, 11) is 1.72. The van der Waals surface area contributed by atoms with Gasteiger partial charge in [-0.3, -0.25) is 0 Å². The average molecular weight is 304 g/mol. The van der Waals surface area contributed by atoms with Crippen LogP contribution in [-0.2, 0) is 11.2 Å². The minimum absolute atomic E-state index is 0.186. The van der Waals surface area contributed by atoms with Crippen LogP contribution >= 0.6 is 23.2 Å². The quantitative estimate of drug-likeness (QED) is 0.727. The Bertz CT molecular complexity index is 398. The minimum Gasteiger partial charge on any atom is -0.383 e. The van der Waals surface area contributed by atoms with Gasteiger partial charge in [0.05, 0.1) is 6.61 Å². The molecule has 0 aliphatic carbocycles. The molecule has 0 aromatic heterocycles. The van der Waals surface area contributed by atoms with E-state index in [1.165, 1.54) is 0 Å². The molecule has 0 saturated carbocycles. The molecule has 19 heavy (non-hydrogen) atoms. The number of benzene rings is 1. The fourth-order valence-corrected chi connectivity index (χ4v) is 2.48. The second-order valence-electron chi connectivity index (χ2n) is 5.25. The highest BCUT2D eigenvalue weighted by Crippen LogP contribution is 2.30. The Morgan fingerprint density at radius 3 is 2.63 bits per heavy atom. The molecule has 1 aromatic carbocycles. The molecule has 4 heteroatoms. The predicted molar refractivity (Wildman–Crippen MR) is 83.3 cm³/mol. The van der Waals surface area contributed by atoms with Crippen molar-refractivity contribution in [1.82, 2.24) is 5.32 Å². The summed E-state index contributed by atoms with van der Waals surface area (Å²) in [4.78, 5) is 0. The van der Waals surface area contributed by atoms with Gasteiger partial charge in [0, 0.05) is 30.2 Å². The molecule has 0 aliphatic rings. The van der Waals surface area contributed by atoms with Crippen LogP contribution in [0.5, 0.6) is 0 Å². The van der Waals surface area contributed by atoms with Crippen molar-refractivity contribution in [3.05, 3.63) is 33.8 Å². The van der Waals surface area contributed by atoms with Gasteiger partial charge in [-0.05, 0) is 36.0 Å². The van der Waals surface area contributed by atoms with E-state index in [0.717, 1.165) is 43.1 Å².